The summed E-state index contributed by atoms with van der Waals surface area (Å²) in [4.78, 5) is 29.5. The first kappa shape index (κ1) is 18.1. The van der Waals surface area contributed by atoms with Crippen LogP contribution in [0.1, 0.15) is 26.5 Å². The summed E-state index contributed by atoms with van der Waals surface area (Å²) in [6.45, 7) is 5.23. The third kappa shape index (κ3) is 4.80. The van der Waals surface area contributed by atoms with Crippen LogP contribution < -0.4 is 9.47 Å². The van der Waals surface area contributed by atoms with E-state index in [1.54, 1.807) is 20.8 Å². The number of carbonyl (C=O) groups is 1. The average molecular weight is 327 g/mol. The first-order chi connectivity index (χ1) is 10.9. The molecule has 126 valence electrons. The summed E-state index contributed by atoms with van der Waals surface area (Å²) in [5.41, 5.74) is -0.923. The van der Waals surface area contributed by atoms with Gasteiger partial charge in [0.05, 0.1) is 24.7 Å². The van der Waals surface area contributed by atoms with Gasteiger partial charge in [-0.05, 0) is 20.8 Å². The fourth-order valence-corrected chi connectivity index (χ4v) is 1.53. The van der Waals surface area contributed by atoms with E-state index in [-0.39, 0.29) is 37.4 Å². The normalized spacial score (nSPS) is 11.0. The zero-order chi connectivity index (χ0) is 17.4. The lowest BCUT2D eigenvalue weighted by Gasteiger charge is -2.08. The van der Waals surface area contributed by atoms with Crippen molar-refractivity contribution >= 4 is 17.7 Å². The molecule has 1 aromatic heterocycles. The summed E-state index contributed by atoms with van der Waals surface area (Å²) in [6, 6.07) is -0.176. The second-order valence-electron chi connectivity index (χ2n) is 3.92. The molecule has 0 radical (unpaired) electrons. The average Bonchev–Trinajstić information content (AvgIpc) is 2.47. The minimum absolute atomic E-state index is 0.0387. The maximum Gasteiger partial charge on any atom is 0.373 e. The van der Waals surface area contributed by atoms with Crippen molar-refractivity contribution in [3.63, 3.8) is 0 Å². The third-order valence-electron chi connectivity index (χ3n) is 2.35. The highest BCUT2D eigenvalue weighted by Gasteiger charge is 2.27. The topological polar surface area (TPSA) is 134 Å². The van der Waals surface area contributed by atoms with Crippen molar-refractivity contribution in [2.24, 2.45) is 0 Å². The molecule has 0 saturated heterocycles. The summed E-state index contributed by atoms with van der Waals surface area (Å²) in [5.74, 6) is -2.19. The van der Waals surface area contributed by atoms with Gasteiger partial charge in [0.15, 0.2) is 5.69 Å². The number of esters is 1. The van der Waals surface area contributed by atoms with Gasteiger partial charge in [0.1, 0.15) is 0 Å². The fourth-order valence-electron chi connectivity index (χ4n) is 1.53. The number of carbonyl (C=O) groups excluding carboxylic acids is 1. The zero-order valence-electron chi connectivity index (χ0n) is 12.9. The molecule has 0 spiro atoms. The first-order valence-corrected chi connectivity index (χ1v) is 6.84. The van der Waals surface area contributed by atoms with Gasteiger partial charge < -0.3 is 19.3 Å². The predicted molar refractivity (Wildman–Crippen MR) is 78.3 cm³/mol. The van der Waals surface area contributed by atoms with Crippen molar-refractivity contribution < 1.29 is 29.0 Å². The molecule has 1 heterocycles. The van der Waals surface area contributed by atoms with E-state index in [2.05, 4.69) is 14.7 Å². The van der Waals surface area contributed by atoms with Crippen LogP contribution in [0.2, 0.25) is 0 Å². The lowest BCUT2D eigenvalue weighted by molar-refractivity contribution is -0.386. The Morgan fingerprint density at radius 2 is 1.87 bits per heavy atom. The van der Waals surface area contributed by atoms with Gasteiger partial charge in [-0.15, -0.1) is 0 Å². The highest BCUT2D eigenvalue weighted by molar-refractivity contribution is 5.91. The van der Waals surface area contributed by atoms with Crippen molar-refractivity contribution in [1.29, 1.82) is 0 Å². The summed E-state index contributed by atoms with van der Waals surface area (Å²) in [6.07, 6.45) is 0.808. The van der Waals surface area contributed by atoms with E-state index in [4.69, 9.17) is 9.47 Å². The van der Waals surface area contributed by atoms with Crippen molar-refractivity contribution in [3.05, 3.63) is 21.6 Å². The molecule has 10 heteroatoms. The Kier molecular flexibility index (Phi) is 6.71. The molecule has 0 aliphatic heterocycles. The second-order valence-corrected chi connectivity index (χ2v) is 3.92. The SMILES string of the molecule is CCOC(=O)/C(O)=C\c1nc(OCC)nc(OCC)c1[N+](=O)[O-]. The van der Waals surface area contributed by atoms with Crippen LogP contribution >= 0.6 is 0 Å². The number of rotatable bonds is 8. The quantitative estimate of drug-likeness (QED) is 0.248. The van der Waals surface area contributed by atoms with Crippen molar-refractivity contribution in [2.75, 3.05) is 19.8 Å². The Morgan fingerprint density at radius 3 is 2.39 bits per heavy atom. The Bertz CT molecular complexity index is 616. The van der Waals surface area contributed by atoms with Crippen LogP contribution in [0, 0.1) is 10.1 Å². The van der Waals surface area contributed by atoms with E-state index in [9.17, 15) is 20.0 Å². The minimum Gasteiger partial charge on any atom is -0.502 e. The molecular formula is C13H17N3O7. The van der Waals surface area contributed by atoms with Crippen LogP contribution in [0.3, 0.4) is 0 Å². The number of aromatic nitrogens is 2. The van der Waals surface area contributed by atoms with E-state index in [1.807, 2.05) is 0 Å². The number of hydrogen-bond donors (Lipinski definition) is 1. The van der Waals surface area contributed by atoms with E-state index >= 15 is 0 Å². The van der Waals surface area contributed by atoms with Gasteiger partial charge in [-0.2, -0.15) is 9.97 Å². The smallest absolute Gasteiger partial charge is 0.373 e. The molecule has 23 heavy (non-hydrogen) atoms. The Morgan fingerprint density at radius 1 is 1.22 bits per heavy atom. The molecule has 0 unspecified atom stereocenters. The Hall–Kier alpha value is -2.91. The van der Waals surface area contributed by atoms with Crippen LogP contribution in [0.5, 0.6) is 11.9 Å². The largest absolute Gasteiger partial charge is 0.502 e. The molecular weight excluding hydrogens is 310 g/mol. The summed E-state index contributed by atoms with van der Waals surface area (Å²) >= 11 is 0. The van der Waals surface area contributed by atoms with Gasteiger partial charge >= 0.3 is 23.5 Å². The molecule has 1 aromatic rings. The highest BCUT2D eigenvalue weighted by Crippen LogP contribution is 2.31. The number of hydrogen-bond acceptors (Lipinski definition) is 9. The Labute approximate surface area is 131 Å². The highest BCUT2D eigenvalue weighted by atomic mass is 16.6. The van der Waals surface area contributed by atoms with Gasteiger partial charge in [0, 0.05) is 6.08 Å². The molecule has 1 rings (SSSR count). The molecule has 10 nitrogen and oxygen atoms in total. The van der Waals surface area contributed by atoms with E-state index in [0.717, 1.165) is 6.08 Å². The maximum atomic E-state index is 11.4. The van der Waals surface area contributed by atoms with Gasteiger partial charge in [0.2, 0.25) is 5.76 Å². The van der Waals surface area contributed by atoms with Crippen molar-refractivity contribution in [3.8, 4) is 11.9 Å². The number of nitro groups is 1. The lowest BCUT2D eigenvalue weighted by Crippen LogP contribution is -2.09. The minimum atomic E-state index is -1.03. The van der Waals surface area contributed by atoms with Crippen LogP contribution in [0.15, 0.2) is 5.76 Å². The summed E-state index contributed by atoms with van der Waals surface area (Å²) in [7, 11) is 0. The first-order valence-electron chi connectivity index (χ1n) is 6.84. The number of aliphatic hydroxyl groups is 1. The molecule has 0 aromatic carbocycles. The molecule has 0 amide bonds. The molecule has 0 bridgehead atoms. The van der Waals surface area contributed by atoms with Gasteiger partial charge in [0.25, 0.3) is 0 Å². The van der Waals surface area contributed by atoms with Crippen molar-refractivity contribution in [1.82, 2.24) is 9.97 Å². The van der Waals surface area contributed by atoms with Crippen molar-refractivity contribution in [2.45, 2.75) is 20.8 Å². The fraction of sp³-hybridized carbons (Fsp3) is 0.462. The lowest BCUT2D eigenvalue weighted by atomic mass is 10.3. The van der Waals surface area contributed by atoms with Gasteiger partial charge in [-0.1, -0.05) is 0 Å². The molecule has 0 fully saturated rings. The predicted octanol–water partition coefficient (Wildman–Crippen LogP) is 1.64. The number of ether oxygens (including phenoxy) is 3. The van der Waals surface area contributed by atoms with Crippen LogP contribution in [-0.4, -0.2) is 45.8 Å². The monoisotopic (exact) mass is 327 g/mol. The van der Waals surface area contributed by atoms with Crippen LogP contribution in [-0.2, 0) is 9.53 Å². The molecule has 0 saturated carbocycles. The van der Waals surface area contributed by atoms with Crippen LogP contribution in [0.25, 0.3) is 6.08 Å². The zero-order valence-corrected chi connectivity index (χ0v) is 12.9. The Balaban J connectivity index is 3.44. The van der Waals surface area contributed by atoms with Gasteiger partial charge in [-0.25, -0.2) is 4.79 Å². The van der Waals surface area contributed by atoms with E-state index in [0.29, 0.717) is 0 Å². The second kappa shape index (κ2) is 8.51. The van der Waals surface area contributed by atoms with Crippen LogP contribution in [0.4, 0.5) is 5.69 Å². The molecule has 0 aliphatic rings. The van der Waals surface area contributed by atoms with E-state index < -0.39 is 22.3 Å². The standard InChI is InChI=1S/C13H17N3O7/c1-4-21-11-10(16(19)20)8(14-13(15-11)23-6-3)7-9(17)12(18)22-5-2/h7,17H,4-6H2,1-3H3/b9-7+. The summed E-state index contributed by atoms with van der Waals surface area (Å²) < 4.78 is 14.8. The third-order valence-corrected chi connectivity index (χ3v) is 2.35. The number of nitrogens with zero attached hydrogens (tertiary/aromatic N) is 3. The molecule has 0 atom stereocenters. The summed E-state index contributed by atoms with van der Waals surface area (Å²) in [5, 5.41) is 20.9. The molecule has 1 N–H and O–H groups in total. The van der Waals surface area contributed by atoms with Gasteiger partial charge in [-0.3, -0.25) is 10.1 Å². The molecule has 0 aliphatic carbocycles. The maximum absolute atomic E-state index is 11.4. The van der Waals surface area contributed by atoms with E-state index in [1.165, 1.54) is 0 Å². The number of aliphatic hydroxyl groups excluding tert-OH is 1.